The summed E-state index contributed by atoms with van der Waals surface area (Å²) in [5.74, 6) is -1.42. The first kappa shape index (κ1) is 24.1. The van der Waals surface area contributed by atoms with Gasteiger partial charge in [-0.1, -0.05) is 0 Å². The van der Waals surface area contributed by atoms with E-state index in [2.05, 4.69) is 25.5 Å². The van der Waals surface area contributed by atoms with Crippen molar-refractivity contribution < 1.29 is 18.3 Å². The fraction of sp³-hybridized carbons (Fsp3) is 0.333. The molecule has 2 aromatic carbocycles. The van der Waals surface area contributed by atoms with Crippen molar-refractivity contribution in [2.24, 2.45) is 0 Å². The van der Waals surface area contributed by atoms with Crippen molar-refractivity contribution in [1.29, 1.82) is 0 Å². The fourth-order valence-electron chi connectivity index (χ4n) is 4.90. The molecular formula is C27H29F2N5O2. The Hall–Kier alpha value is -3.56. The molecule has 5 rings (SSSR count). The summed E-state index contributed by atoms with van der Waals surface area (Å²) in [5, 5.41) is 6.49. The van der Waals surface area contributed by atoms with Crippen molar-refractivity contribution >= 4 is 28.4 Å². The summed E-state index contributed by atoms with van der Waals surface area (Å²) < 4.78 is 33.6. The standard InChI is InChI=1S/C27H29F2N5O2/c1-16-15-30-26(31-16)24(17-11-18(28)13-19(29)12-17)25-22-14-21(3-4-23(22)33-27(25)35)32-20-5-7-34(8-6-20)9-10-36-2/h3-4,11-15,20,32H,5-10H2,1-2H3,(H,30,31)(H,33,35). The number of hydrogen-bond donors (Lipinski definition) is 3. The van der Waals surface area contributed by atoms with E-state index in [1.54, 1.807) is 20.2 Å². The largest absolute Gasteiger partial charge is 0.383 e. The zero-order chi connectivity index (χ0) is 25.2. The first-order chi connectivity index (χ1) is 17.4. The van der Waals surface area contributed by atoms with Crippen LogP contribution < -0.4 is 10.6 Å². The highest BCUT2D eigenvalue weighted by atomic mass is 19.1. The maximum Gasteiger partial charge on any atom is 0.257 e. The predicted molar refractivity (Wildman–Crippen MR) is 136 cm³/mol. The van der Waals surface area contributed by atoms with Gasteiger partial charge in [0.2, 0.25) is 0 Å². The third kappa shape index (κ3) is 5.03. The predicted octanol–water partition coefficient (Wildman–Crippen LogP) is 4.43. The number of hydrogen-bond acceptors (Lipinski definition) is 5. The van der Waals surface area contributed by atoms with E-state index in [-0.39, 0.29) is 11.5 Å². The first-order valence-corrected chi connectivity index (χ1v) is 12.1. The lowest BCUT2D eigenvalue weighted by molar-refractivity contribution is -0.110. The summed E-state index contributed by atoms with van der Waals surface area (Å²) in [4.78, 5) is 23.1. The van der Waals surface area contributed by atoms with Crippen molar-refractivity contribution in [3.05, 3.63) is 76.9 Å². The molecule has 0 radical (unpaired) electrons. The van der Waals surface area contributed by atoms with Crippen LogP contribution in [-0.4, -0.2) is 60.2 Å². The molecule has 1 aromatic heterocycles. The summed E-state index contributed by atoms with van der Waals surface area (Å²) >= 11 is 0. The molecule has 0 atom stereocenters. The Bertz CT molecular complexity index is 1290. The van der Waals surface area contributed by atoms with Crippen LogP contribution in [0.4, 0.5) is 20.2 Å². The molecule has 1 fully saturated rings. The van der Waals surface area contributed by atoms with Crippen LogP contribution in [0, 0.1) is 18.6 Å². The van der Waals surface area contributed by atoms with Gasteiger partial charge < -0.3 is 25.3 Å². The van der Waals surface area contributed by atoms with Gasteiger partial charge in [-0.15, -0.1) is 0 Å². The highest BCUT2D eigenvalue weighted by molar-refractivity contribution is 6.38. The number of benzene rings is 2. The van der Waals surface area contributed by atoms with E-state index in [1.807, 2.05) is 18.2 Å². The normalized spacial score (nSPS) is 17.7. The Balaban J connectivity index is 1.50. The molecule has 1 amide bonds. The molecule has 0 bridgehead atoms. The highest BCUT2D eigenvalue weighted by Crippen LogP contribution is 2.41. The third-order valence-corrected chi connectivity index (χ3v) is 6.68. The van der Waals surface area contributed by atoms with Gasteiger partial charge in [0, 0.05) is 67.6 Å². The van der Waals surface area contributed by atoms with Gasteiger partial charge in [0.1, 0.15) is 17.5 Å². The number of imidazole rings is 1. The van der Waals surface area contributed by atoms with Crippen LogP contribution in [0.3, 0.4) is 0 Å². The second-order valence-corrected chi connectivity index (χ2v) is 9.27. The van der Waals surface area contributed by atoms with Crippen LogP contribution in [0.1, 0.15) is 35.5 Å². The SMILES string of the molecule is COCCN1CCC(Nc2ccc3c(c2)C(=C(c2cc(F)cc(F)c2)c2nc(C)c[nH]2)C(=O)N3)CC1. The molecule has 188 valence electrons. The Morgan fingerprint density at radius 3 is 2.58 bits per heavy atom. The van der Waals surface area contributed by atoms with Crippen molar-refractivity contribution in [1.82, 2.24) is 14.9 Å². The molecule has 3 aromatic rings. The van der Waals surface area contributed by atoms with Crippen molar-refractivity contribution in [2.45, 2.75) is 25.8 Å². The molecule has 3 heterocycles. The van der Waals surface area contributed by atoms with Gasteiger partial charge in [-0.25, -0.2) is 13.8 Å². The number of methoxy groups -OCH3 is 1. The molecule has 9 heteroatoms. The summed E-state index contributed by atoms with van der Waals surface area (Å²) in [6.45, 7) is 5.44. The lowest BCUT2D eigenvalue weighted by atomic mass is 9.94. The number of aromatic nitrogens is 2. The minimum Gasteiger partial charge on any atom is -0.383 e. The van der Waals surface area contributed by atoms with E-state index in [1.165, 1.54) is 12.1 Å². The number of nitrogens with one attached hydrogen (secondary N) is 3. The van der Waals surface area contributed by atoms with Gasteiger partial charge in [0.15, 0.2) is 0 Å². The molecule has 0 aliphatic carbocycles. The quantitative estimate of drug-likeness (QED) is 0.424. The highest BCUT2D eigenvalue weighted by Gasteiger charge is 2.31. The maximum absolute atomic E-state index is 14.2. The summed E-state index contributed by atoms with van der Waals surface area (Å²) in [5.41, 5.74) is 3.80. The van der Waals surface area contributed by atoms with Gasteiger partial charge in [0.05, 0.1) is 17.9 Å². The summed E-state index contributed by atoms with van der Waals surface area (Å²) in [6, 6.07) is 9.27. The van der Waals surface area contributed by atoms with Crippen LogP contribution in [-0.2, 0) is 9.53 Å². The monoisotopic (exact) mass is 493 g/mol. The Morgan fingerprint density at radius 1 is 1.17 bits per heavy atom. The van der Waals surface area contributed by atoms with Crippen molar-refractivity contribution in [3.63, 3.8) is 0 Å². The number of ether oxygens (including phenoxy) is 1. The molecule has 0 spiro atoms. The van der Waals surface area contributed by atoms with Crippen LogP contribution >= 0.6 is 0 Å². The molecule has 36 heavy (non-hydrogen) atoms. The van der Waals surface area contributed by atoms with E-state index >= 15 is 0 Å². The Morgan fingerprint density at radius 2 is 1.92 bits per heavy atom. The molecule has 7 nitrogen and oxygen atoms in total. The number of anilines is 2. The Kier molecular flexibility index (Phi) is 6.84. The number of halogens is 2. The van der Waals surface area contributed by atoms with Gasteiger partial charge in [-0.05, 0) is 55.7 Å². The number of amides is 1. The molecule has 0 unspecified atom stereocenters. The van der Waals surface area contributed by atoms with Gasteiger partial charge in [-0.3, -0.25) is 4.79 Å². The van der Waals surface area contributed by atoms with E-state index in [4.69, 9.17) is 4.74 Å². The number of nitrogens with zero attached hydrogens (tertiary/aromatic N) is 2. The molecule has 1 saturated heterocycles. The average Bonchev–Trinajstić information content (AvgIpc) is 3.41. The molecule has 2 aliphatic heterocycles. The summed E-state index contributed by atoms with van der Waals surface area (Å²) in [6.07, 6.45) is 3.69. The minimum atomic E-state index is -0.725. The van der Waals surface area contributed by atoms with E-state index in [0.717, 1.165) is 50.8 Å². The second-order valence-electron chi connectivity index (χ2n) is 9.27. The smallest absolute Gasteiger partial charge is 0.257 e. The number of H-pyrrole nitrogens is 1. The number of piperidine rings is 1. The van der Waals surface area contributed by atoms with Crippen LogP contribution in [0.2, 0.25) is 0 Å². The van der Waals surface area contributed by atoms with Crippen molar-refractivity contribution in [3.8, 4) is 0 Å². The number of likely N-dealkylation sites (tertiary alicyclic amines) is 1. The van der Waals surface area contributed by atoms with Gasteiger partial charge in [-0.2, -0.15) is 0 Å². The zero-order valence-corrected chi connectivity index (χ0v) is 20.3. The average molecular weight is 494 g/mol. The van der Waals surface area contributed by atoms with E-state index in [0.29, 0.717) is 40.0 Å². The number of fused-ring (bicyclic) bond motifs is 1. The van der Waals surface area contributed by atoms with E-state index < -0.39 is 11.6 Å². The topological polar surface area (TPSA) is 82.3 Å². The lowest BCUT2D eigenvalue weighted by Crippen LogP contribution is -2.40. The second kappa shape index (κ2) is 10.2. The van der Waals surface area contributed by atoms with Crippen LogP contribution in [0.15, 0.2) is 42.6 Å². The molecule has 2 aliphatic rings. The maximum atomic E-state index is 14.2. The number of aryl methyl sites for hydroxylation is 1. The lowest BCUT2D eigenvalue weighted by Gasteiger charge is -2.32. The molecule has 3 N–H and O–H groups in total. The number of aromatic amines is 1. The number of rotatable bonds is 7. The molecule has 0 saturated carbocycles. The van der Waals surface area contributed by atoms with Crippen molar-refractivity contribution in [2.75, 3.05) is 44.0 Å². The minimum absolute atomic E-state index is 0.238. The number of carbonyl (C=O) groups excluding carboxylic acids is 1. The third-order valence-electron chi connectivity index (χ3n) is 6.68. The summed E-state index contributed by atoms with van der Waals surface area (Å²) in [7, 11) is 1.72. The van der Waals surface area contributed by atoms with Crippen LogP contribution in [0.5, 0.6) is 0 Å². The van der Waals surface area contributed by atoms with Crippen LogP contribution in [0.25, 0.3) is 11.1 Å². The first-order valence-electron chi connectivity index (χ1n) is 12.1. The molecular weight excluding hydrogens is 464 g/mol. The fourth-order valence-corrected chi connectivity index (χ4v) is 4.90. The Labute approximate surface area is 208 Å². The number of carbonyl (C=O) groups is 1. The van der Waals surface area contributed by atoms with Gasteiger partial charge in [0.25, 0.3) is 5.91 Å². The van der Waals surface area contributed by atoms with Gasteiger partial charge >= 0.3 is 0 Å². The zero-order valence-electron chi connectivity index (χ0n) is 20.3. The van der Waals surface area contributed by atoms with E-state index in [9.17, 15) is 13.6 Å².